The van der Waals surface area contributed by atoms with E-state index < -0.39 is 0 Å². The largest absolute Gasteiger partial charge is 0.383 e. The molecule has 0 aromatic carbocycles. The van der Waals surface area contributed by atoms with Crippen molar-refractivity contribution in [2.75, 3.05) is 26.5 Å². The predicted molar refractivity (Wildman–Crippen MR) is 59.9 cm³/mol. The smallest absolute Gasteiger partial charge is 0.274 e. The second-order valence-corrected chi connectivity index (χ2v) is 3.55. The summed E-state index contributed by atoms with van der Waals surface area (Å²) in [6.07, 6.45) is 2.73. The van der Waals surface area contributed by atoms with Gasteiger partial charge in [0.2, 0.25) is 0 Å². The Balaban J connectivity index is 2.73. The molecule has 1 amide bonds. The Bertz CT molecular complexity index is 352. The van der Waals surface area contributed by atoms with Crippen molar-refractivity contribution < 1.29 is 9.53 Å². The molecule has 1 unspecified atom stereocenters. The first-order valence-corrected chi connectivity index (χ1v) is 4.90. The maximum Gasteiger partial charge on any atom is 0.274 e. The van der Waals surface area contributed by atoms with Crippen LogP contribution in [0.2, 0.25) is 0 Å². The molecule has 6 nitrogen and oxygen atoms in total. The van der Waals surface area contributed by atoms with Crippen molar-refractivity contribution in [1.82, 2.24) is 14.9 Å². The highest BCUT2D eigenvalue weighted by atomic mass is 16.5. The summed E-state index contributed by atoms with van der Waals surface area (Å²) >= 11 is 0. The van der Waals surface area contributed by atoms with Crippen molar-refractivity contribution in [3.05, 3.63) is 18.1 Å². The zero-order chi connectivity index (χ0) is 12.1. The van der Waals surface area contributed by atoms with E-state index in [1.165, 1.54) is 12.4 Å². The minimum atomic E-state index is -0.197. The first-order chi connectivity index (χ1) is 7.56. The van der Waals surface area contributed by atoms with E-state index in [2.05, 4.69) is 9.97 Å². The molecule has 0 spiro atoms. The number of methoxy groups -OCH3 is 1. The van der Waals surface area contributed by atoms with Crippen molar-refractivity contribution in [3.8, 4) is 0 Å². The van der Waals surface area contributed by atoms with Gasteiger partial charge in [0.15, 0.2) is 0 Å². The highest BCUT2D eigenvalue weighted by Crippen LogP contribution is 2.04. The molecule has 0 fully saturated rings. The number of nitrogens with two attached hydrogens (primary N) is 1. The van der Waals surface area contributed by atoms with Crippen LogP contribution in [0.3, 0.4) is 0 Å². The van der Waals surface area contributed by atoms with E-state index >= 15 is 0 Å². The van der Waals surface area contributed by atoms with E-state index in [4.69, 9.17) is 10.5 Å². The average Bonchev–Trinajstić information content (AvgIpc) is 2.28. The van der Waals surface area contributed by atoms with Crippen LogP contribution in [0, 0.1) is 0 Å². The molecule has 0 aliphatic rings. The van der Waals surface area contributed by atoms with Crippen molar-refractivity contribution in [1.29, 1.82) is 0 Å². The second-order valence-electron chi connectivity index (χ2n) is 3.55. The second kappa shape index (κ2) is 5.41. The molecule has 0 saturated carbocycles. The predicted octanol–water partition coefficient (Wildman–Crippen LogP) is 0.166. The Morgan fingerprint density at radius 2 is 2.25 bits per heavy atom. The lowest BCUT2D eigenvalue weighted by Crippen LogP contribution is -2.38. The first-order valence-electron chi connectivity index (χ1n) is 4.90. The number of hydrogen-bond donors (Lipinski definition) is 1. The number of hydrogen-bond acceptors (Lipinski definition) is 5. The molecule has 6 heteroatoms. The van der Waals surface area contributed by atoms with E-state index in [0.717, 1.165) is 0 Å². The normalized spacial score (nSPS) is 12.2. The third kappa shape index (κ3) is 2.90. The fraction of sp³-hybridized carbons (Fsp3) is 0.500. The van der Waals surface area contributed by atoms with E-state index in [1.807, 2.05) is 6.92 Å². The summed E-state index contributed by atoms with van der Waals surface area (Å²) in [6, 6.07) is -0.0168. The van der Waals surface area contributed by atoms with Gasteiger partial charge in [-0.15, -0.1) is 0 Å². The maximum atomic E-state index is 11.9. The van der Waals surface area contributed by atoms with Gasteiger partial charge in [0.25, 0.3) is 5.91 Å². The maximum absolute atomic E-state index is 11.9. The standard InChI is InChI=1S/C10H16N4O2/c1-7(6-16-3)14(2)10(15)8-4-13-9(11)5-12-8/h4-5,7H,6H2,1-3H3,(H2,11,13). The summed E-state index contributed by atoms with van der Waals surface area (Å²) < 4.78 is 4.98. The molecule has 0 aliphatic carbocycles. The van der Waals surface area contributed by atoms with Gasteiger partial charge in [-0.05, 0) is 6.92 Å². The van der Waals surface area contributed by atoms with Crippen LogP contribution in [0.5, 0.6) is 0 Å². The Morgan fingerprint density at radius 1 is 1.56 bits per heavy atom. The van der Waals surface area contributed by atoms with Crippen LogP contribution >= 0.6 is 0 Å². The fourth-order valence-corrected chi connectivity index (χ4v) is 1.18. The minimum Gasteiger partial charge on any atom is -0.383 e. The minimum absolute atomic E-state index is 0.0168. The topological polar surface area (TPSA) is 81.3 Å². The van der Waals surface area contributed by atoms with Gasteiger partial charge in [-0.3, -0.25) is 4.79 Å². The SMILES string of the molecule is COCC(C)N(C)C(=O)c1cnc(N)cn1. The summed E-state index contributed by atoms with van der Waals surface area (Å²) in [4.78, 5) is 21.2. The number of nitrogen functional groups attached to an aromatic ring is 1. The van der Waals surface area contributed by atoms with Gasteiger partial charge >= 0.3 is 0 Å². The Morgan fingerprint density at radius 3 is 2.75 bits per heavy atom. The van der Waals surface area contributed by atoms with Gasteiger partial charge in [-0.1, -0.05) is 0 Å². The molecule has 1 aromatic rings. The number of carbonyl (C=O) groups is 1. The van der Waals surface area contributed by atoms with Crippen LogP contribution in [0.1, 0.15) is 17.4 Å². The fourth-order valence-electron chi connectivity index (χ4n) is 1.18. The molecule has 16 heavy (non-hydrogen) atoms. The highest BCUT2D eigenvalue weighted by molar-refractivity contribution is 5.92. The zero-order valence-corrected chi connectivity index (χ0v) is 9.67. The molecular weight excluding hydrogens is 208 g/mol. The molecule has 1 heterocycles. The lowest BCUT2D eigenvalue weighted by atomic mass is 10.3. The van der Waals surface area contributed by atoms with Gasteiger partial charge in [0.05, 0.1) is 25.0 Å². The van der Waals surface area contributed by atoms with E-state index in [9.17, 15) is 4.79 Å². The molecule has 1 rings (SSSR count). The van der Waals surface area contributed by atoms with Gasteiger partial charge < -0.3 is 15.4 Å². The Labute approximate surface area is 94.4 Å². The van der Waals surface area contributed by atoms with Crippen molar-refractivity contribution in [3.63, 3.8) is 0 Å². The number of likely N-dealkylation sites (N-methyl/N-ethyl adjacent to an activating group) is 1. The van der Waals surface area contributed by atoms with Gasteiger partial charge in [-0.25, -0.2) is 9.97 Å². The van der Waals surface area contributed by atoms with Crippen molar-refractivity contribution >= 4 is 11.7 Å². The van der Waals surface area contributed by atoms with Crippen molar-refractivity contribution in [2.24, 2.45) is 0 Å². The van der Waals surface area contributed by atoms with Gasteiger partial charge in [0, 0.05) is 14.2 Å². The number of carbonyl (C=O) groups excluding carboxylic acids is 1. The number of rotatable bonds is 4. The van der Waals surface area contributed by atoms with Crippen LogP contribution in [0.25, 0.3) is 0 Å². The molecule has 0 saturated heterocycles. The van der Waals surface area contributed by atoms with E-state index in [1.54, 1.807) is 19.1 Å². The van der Waals surface area contributed by atoms with Crippen molar-refractivity contribution in [2.45, 2.75) is 13.0 Å². The molecule has 1 atom stereocenters. The first kappa shape index (κ1) is 12.4. The number of aromatic nitrogens is 2. The quantitative estimate of drug-likeness (QED) is 0.788. The molecule has 0 bridgehead atoms. The number of anilines is 1. The number of amides is 1. The summed E-state index contributed by atoms with van der Waals surface area (Å²) in [6.45, 7) is 2.37. The molecule has 88 valence electrons. The van der Waals surface area contributed by atoms with Gasteiger partial charge in [-0.2, -0.15) is 0 Å². The summed E-state index contributed by atoms with van der Waals surface area (Å²) in [5, 5.41) is 0. The third-order valence-electron chi connectivity index (χ3n) is 2.28. The van der Waals surface area contributed by atoms with Crippen LogP contribution < -0.4 is 5.73 Å². The lowest BCUT2D eigenvalue weighted by Gasteiger charge is -2.23. The van der Waals surface area contributed by atoms with Crippen LogP contribution in [-0.2, 0) is 4.74 Å². The Kier molecular flexibility index (Phi) is 4.19. The van der Waals surface area contributed by atoms with E-state index in [0.29, 0.717) is 12.4 Å². The third-order valence-corrected chi connectivity index (χ3v) is 2.28. The zero-order valence-electron chi connectivity index (χ0n) is 9.67. The molecule has 0 radical (unpaired) electrons. The highest BCUT2D eigenvalue weighted by Gasteiger charge is 2.18. The monoisotopic (exact) mass is 224 g/mol. The molecule has 2 N–H and O–H groups in total. The summed E-state index contributed by atoms with van der Waals surface area (Å²) in [5.74, 6) is 0.0983. The molecular formula is C10H16N4O2. The Hall–Kier alpha value is -1.69. The van der Waals surface area contributed by atoms with Crippen LogP contribution in [0.15, 0.2) is 12.4 Å². The molecule has 1 aromatic heterocycles. The van der Waals surface area contributed by atoms with Crippen LogP contribution in [0.4, 0.5) is 5.82 Å². The summed E-state index contributed by atoms with van der Waals surface area (Å²) in [5.41, 5.74) is 5.67. The number of ether oxygens (including phenoxy) is 1. The average molecular weight is 224 g/mol. The lowest BCUT2D eigenvalue weighted by molar-refractivity contribution is 0.0627. The molecule has 0 aliphatic heterocycles. The van der Waals surface area contributed by atoms with E-state index in [-0.39, 0.29) is 17.6 Å². The van der Waals surface area contributed by atoms with Gasteiger partial charge in [0.1, 0.15) is 11.5 Å². The number of nitrogens with zero attached hydrogens (tertiary/aromatic N) is 3. The summed E-state index contributed by atoms with van der Waals surface area (Å²) in [7, 11) is 3.29. The van der Waals surface area contributed by atoms with Crippen LogP contribution in [-0.4, -0.2) is 47.6 Å².